The Kier molecular flexibility index (Phi) is 5.29. The molecule has 2 heterocycles. The maximum Gasteiger partial charge on any atom is 0.255 e. The van der Waals surface area contributed by atoms with Crippen molar-refractivity contribution in [1.29, 1.82) is 0 Å². The SMILES string of the molecule is CCC(O[C@@]12CC[C@@H](c3cc(-c4c(F)cccc4F)nnc31)C2(C)C)c1nc(COC)no1. The van der Waals surface area contributed by atoms with Gasteiger partial charge < -0.3 is 14.0 Å². The average Bonchev–Trinajstić information content (AvgIpc) is 3.40. The van der Waals surface area contributed by atoms with E-state index in [0.29, 0.717) is 18.1 Å². The second-order valence-electron chi connectivity index (χ2n) is 9.27. The number of fused-ring (bicyclic) bond motifs is 5. The lowest BCUT2D eigenvalue weighted by Gasteiger charge is -2.39. The van der Waals surface area contributed by atoms with Gasteiger partial charge in [-0.25, -0.2) is 8.78 Å². The minimum Gasteiger partial charge on any atom is -0.377 e. The molecule has 0 spiro atoms. The zero-order valence-electron chi connectivity index (χ0n) is 19.1. The van der Waals surface area contributed by atoms with E-state index in [-0.39, 0.29) is 29.2 Å². The van der Waals surface area contributed by atoms with Crippen molar-refractivity contribution < 1.29 is 22.8 Å². The molecule has 0 radical (unpaired) electrons. The van der Waals surface area contributed by atoms with Crippen LogP contribution < -0.4 is 0 Å². The van der Waals surface area contributed by atoms with Gasteiger partial charge in [-0.05, 0) is 48.9 Å². The molecule has 2 aliphatic rings. The Balaban J connectivity index is 1.55. The quantitative estimate of drug-likeness (QED) is 0.481. The maximum atomic E-state index is 14.4. The van der Waals surface area contributed by atoms with Crippen molar-refractivity contribution in [2.45, 2.75) is 64.3 Å². The summed E-state index contributed by atoms with van der Waals surface area (Å²) in [5.41, 5.74) is 0.656. The van der Waals surface area contributed by atoms with Crippen molar-refractivity contribution in [3.8, 4) is 11.3 Å². The first-order chi connectivity index (χ1) is 15.8. The van der Waals surface area contributed by atoms with Crippen LogP contribution in [0.3, 0.4) is 0 Å². The molecule has 1 unspecified atom stereocenters. The van der Waals surface area contributed by atoms with Crippen LogP contribution in [0.4, 0.5) is 8.78 Å². The molecule has 7 nitrogen and oxygen atoms in total. The Bertz CT molecular complexity index is 1180. The minimum absolute atomic E-state index is 0.126. The van der Waals surface area contributed by atoms with E-state index in [1.54, 1.807) is 13.2 Å². The fourth-order valence-electron chi connectivity index (χ4n) is 5.53. The minimum atomic E-state index is -0.719. The van der Waals surface area contributed by atoms with Crippen molar-refractivity contribution in [3.63, 3.8) is 0 Å². The van der Waals surface area contributed by atoms with Crippen LogP contribution in [0.15, 0.2) is 28.8 Å². The summed E-state index contributed by atoms with van der Waals surface area (Å²) in [5.74, 6) is -0.344. The zero-order chi connectivity index (χ0) is 23.4. The van der Waals surface area contributed by atoms with Crippen LogP contribution in [0.5, 0.6) is 0 Å². The van der Waals surface area contributed by atoms with Gasteiger partial charge in [-0.15, -0.1) is 5.10 Å². The summed E-state index contributed by atoms with van der Waals surface area (Å²) < 4.78 is 46.1. The summed E-state index contributed by atoms with van der Waals surface area (Å²) >= 11 is 0. The van der Waals surface area contributed by atoms with Gasteiger partial charge >= 0.3 is 0 Å². The molecule has 0 aliphatic heterocycles. The van der Waals surface area contributed by atoms with Gasteiger partial charge in [0.05, 0.1) is 17.0 Å². The molecule has 3 aromatic rings. The fraction of sp³-hybridized carbons (Fsp3) is 0.500. The predicted octanol–water partition coefficient (Wildman–Crippen LogP) is 5.23. The Morgan fingerprint density at radius 1 is 1.21 bits per heavy atom. The van der Waals surface area contributed by atoms with Gasteiger partial charge in [0.25, 0.3) is 5.89 Å². The Hall–Kier alpha value is -2.78. The van der Waals surface area contributed by atoms with Gasteiger partial charge in [-0.1, -0.05) is 32.0 Å². The van der Waals surface area contributed by atoms with E-state index < -0.39 is 23.3 Å². The molecule has 0 amide bonds. The molecule has 174 valence electrons. The van der Waals surface area contributed by atoms with E-state index >= 15 is 0 Å². The van der Waals surface area contributed by atoms with E-state index in [9.17, 15) is 8.78 Å². The summed E-state index contributed by atoms with van der Waals surface area (Å²) in [4.78, 5) is 4.42. The highest BCUT2D eigenvalue weighted by Gasteiger charge is 2.65. The number of aromatic nitrogens is 4. The number of rotatable bonds is 7. The molecule has 2 bridgehead atoms. The van der Waals surface area contributed by atoms with Gasteiger partial charge in [0.15, 0.2) is 5.82 Å². The topological polar surface area (TPSA) is 83.2 Å². The molecule has 1 saturated carbocycles. The van der Waals surface area contributed by atoms with Crippen LogP contribution >= 0.6 is 0 Å². The normalized spacial score (nSPS) is 23.6. The third-order valence-electron chi connectivity index (χ3n) is 7.24. The van der Waals surface area contributed by atoms with Crippen molar-refractivity contribution in [1.82, 2.24) is 20.3 Å². The Morgan fingerprint density at radius 2 is 1.97 bits per heavy atom. The van der Waals surface area contributed by atoms with Gasteiger partial charge in [0.2, 0.25) is 0 Å². The van der Waals surface area contributed by atoms with E-state index in [1.807, 2.05) is 6.92 Å². The summed E-state index contributed by atoms with van der Waals surface area (Å²) in [7, 11) is 1.57. The van der Waals surface area contributed by atoms with Crippen LogP contribution in [0.25, 0.3) is 11.3 Å². The Morgan fingerprint density at radius 3 is 2.67 bits per heavy atom. The largest absolute Gasteiger partial charge is 0.377 e. The fourth-order valence-corrected chi connectivity index (χ4v) is 5.53. The first-order valence-corrected chi connectivity index (χ1v) is 11.1. The van der Waals surface area contributed by atoms with Crippen molar-refractivity contribution >= 4 is 0 Å². The molecule has 9 heteroatoms. The summed E-state index contributed by atoms with van der Waals surface area (Å²) in [6.07, 6.45) is 1.82. The molecule has 0 saturated heterocycles. The van der Waals surface area contributed by atoms with Crippen LogP contribution in [0.2, 0.25) is 0 Å². The second-order valence-corrected chi connectivity index (χ2v) is 9.27. The zero-order valence-corrected chi connectivity index (χ0v) is 19.1. The van der Waals surface area contributed by atoms with E-state index in [1.165, 1.54) is 18.2 Å². The Labute approximate surface area is 190 Å². The number of benzene rings is 1. The first kappa shape index (κ1) is 22.0. The average molecular weight is 456 g/mol. The second kappa shape index (κ2) is 7.92. The number of halogens is 2. The maximum absolute atomic E-state index is 14.4. The molecule has 3 atom stereocenters. The number of methoxy groups -OCH3 is 1. The van der Waals surface area contributed by atoms with E-state index in [0.717, 1.165) is 24.1 Å². The number of ether oxygens (including phenoxy) is 2. The van der Waals surface area contributed by atoms with Crippen molar-refractivity contribution in [2.75, 3.05) is 7.11 Å². The standard InChI is InChI=1S/C24H26F2N4O3/c1-5-18(22-27-19(12-31-4)30-33-22)32-24-10-9-14(23(24,2)3)13-11-17(28-29-21(13)24)20-15(25)7-6-8-16(20)26/h6-8,11,14,18H,5,9-10,12H2,1-4H3/t14-,18?,24-/m0/s1. The molecule has 33 heavy (non-hydrogen) atoms. The highest BCUT2D eigenvalue weighted by atomic mass is 19.1. The van der Waals surface area contributed by atoms with Crippen LogP contribution in [0.1, 0.15) is 75.0 Å². The lowest BCUT2D eigenvalue weighted by atomic mass is 9.77. The van der Waals surface area contributed by atoms with Crippen LogP contribution in [0, 0.1) is 17.0 Å². The molecular formula is C24H26F2N4O3. The highest BCUT2D eigenvalue weighted by molar-refractivity contribution is 5.63. The van der Waals surface area contributed by atoms with Gasteiger partial charge in [-0.3, -0.25) is 0 Å². The monoisotopic (exact) mass is 456 g/mol. The number of nitrogens with zero attached hydrogens (tertiary/aromatic N) is 4. The predicted molar refractivity (Wildman–Crippen MR) is 114 cm³/mol. The number of hydrogen-bond acceptors (Lipinski definition) is 7. The van der Waals surface area contributed by atoms with Gasteiger partial charge in [-0.2, -0.15) is 10.1 Å². The van der Waals surface area contributed by atoms with Crippen molar-refractivity contribution in [2.24, 2.45) is 5.41 Å². The lowest BCUT2D eigenvalue weighted by molar-refractivity contribution is -0.159. The highest BCUT2D eigenvalue weighted by Crippen LogP contribution is 2.68. The summed E-state index contributed by atoms with van der Waals surface area (Å²) in [6.45, 7) is 6.54. The summed E-state index contributed by atoms with van der Waals surface area (Å²) in [6, 6.07) is 5.55. The van der Waals surface area contributed by atoms with E-state index in [4.69, 9.17) is 14.0 Å². The van der Waals surface area contributed by atoms with Gasteiger partial charge in [0, 0.05) is 12.5 Å². The van der Waals surface area contributed by atoms with Gasteiger partial charge in [0.1, 0.15) is 29.9 Å². The molecule has 5 rings (SSSR count). The smallest absolute Gasteiger partial charge is 0.255 e. The van der Waals surface area contributed by atoms with E-state index in [2.05, 4.69) is 34.2 Å². The lowest BCUT2D eigenvalue weighted by Crippen LogP contribution is -2.39. The molecule has 2 aromatic heterocycles. The third-order valence-corrected chi connectivity index (χ3v) is 7.24. The molecule has 1 aromatic carbocycles. The third kappa shape index (κ3) is 3.20. The summed E-state index contributed by atoms with van der Waals surface area (Å²) in [5, 5.41) is 12.7. The van der Waals surface area contributed by atoms with Crippen molar-refractivity contribution in [3.05, 3.63) is 58.9 Å². The molecule has 1 fully saturated rings. The van der Waals surface area contributed by atoms with Crippen LogP contribution in [-0.4, -0.2) is 27.4 Å². The molecule has 0 N–H and O–H groups in total. The molecular weight excluding hydrogens is 430 g/mol. The van der Waals surface area contributed by atoms with Crippen LogP contribution in [-0.2, 0) is 21.7 Å². The number of hydrogen-bond donors (Lipinski definition) is 0. The molecule has 2 aliphatic carbocycles. The first-order valence-electron chi connectivity index (χ1n) is 11.1.